The fourth-order valence-electron chi connectivity index (χ4n) is 3.05. The number of benzene rings is 3. The number of terminal acetylenes is 1. The van der Waals surface area contributed by atoms with Crippen molar-refractivity contribution in [3.8, 4) is 24.2 Å². The van der Waals surface area contributed by atoms with Gasteiger partial charge in [0, 0.05) is 5.56 Å². The highest BCUT2D eigenvalue weighted by atomic mass is 16.5. The van der Waals surface area contributed by atoms with Crippen molar-refractivity contribution in [2.45, 2.75) is 0 Å². The number of nitriles is 1. The first-order chi connectivity index (χ1) is 13.3. The third kappa shape index (κ3) is 3.13. The lowest BCUT2D eigenvalue weighted by atomic mass is 10.0. The molecule has 4 rings (SSSR count). The van der Waals surface area contributed by atoms with Crippen LogP contribution < -0.4 is 4.74 Å². The average Bonchev–Trinajstić information content (AvgIpc) is 3.14. The van der Waals surface area contributed by atoms with Crippen LogP contribution in [-0.2, 0) is 0 Å². The van der Waals surface area contributed by atoms with E-state index in [0.717, 1.165) is 27.4 Å². The number of imidazole rings is 1. The van der Waals surface area contributed by atoms with Crippen LogP contribution in [0.4, 0.5) is 0 Å². The third-order valence-corrected chi connectivity index (χ3v) is 4.30. The minimum Gasteiger partial charge on any atom is -0.480 e. The van der Waals surface area contributed by atoms with Gasteiger partial charge in [-0.3, -0.25) is 0 Å². The van der Waals surface area contributed by atoms with Gasteiger partial charge < -0.3 is 9.72 Å². The molecule has 0 spiro atoms. The summed E-state index contributed by atoms with van der Waals surface area (Å²) in [5.41, 5.74) is 2.93. The Hall–Kier alpha value is -4.02. The fourth-order valence-corrected chi connectivity index (χ4v) is 3.05. The summed E-state index contributed by atoms with van der Waals surface area (Å²) in [6, 6.07) is 21.7. The number of allylic oxidation sites excluding steroid dienone is 1. The van der Waals surface area contributed by atoms with Gasteiger partial charge in [-0.2, -0.15) is 5.26 Å². The second-order valence-electron chi connectivity index (χ2n) is 5.96. The van der Waals surface area contributed by atoms with Gasteiger partial charge >= 0.3 is 0 Å². The maximum absolute atomic E-state index is 9.75. The van der Waals surface area contributed by atoms with E-state index in [4.69, 9.17) is 11.2 Å². The van der Waals surface area contributed by atoms with Gasteiger partial charge in [-0.1, -0.05) is 48.4 Å². The summed E-state index contributed by atoms with van der Waals surface area (Å²) in [4.78, 5) is 7.73. The molecule has 0 aliphatic heterocycles. The zero-order valence-corrected chi connectivity index (χ0v) is 14.4. The topological polar surface area (TPSA) is 61.7 Å². The Kier molecular flexibility index (Phi) is 4.31. The summed E-state index contributed by atoms with van der Waals surface area (Å²) in [6.45, 7) is 0.158. The Morgan fingerprint density at radius 2 is 1.93 bits per heavy atom. The molecule has 1 heterocycles. The van der Waals surface area contributed by atoms with Gasteiger partial charge in [0.15, 0.2) is 0 Å². The maximum Gasteiger partial charge on any atom is 0.149 e. The van der Waals surface area contributed by atoms with Crippen molar-refractivity contribution in [3.63, 3.8) is 0 Å². The molecule has 1 aromatic heterocycles. The number of fused-ring (bicyclic) bond motifs is 2. The summed E-state index contributed by atoms with van der Waals surface area (Å²) in [6.07, 6.45) is 7.14. The standard InChI is InChI=1S/C23H15N3O/c1-2-13-27-22-12-11-16-7-3-4-8-18(16)19(22)14-17(15-24)23-25-20-9-5-6-10-21(20)26-23/h1,3-12,14H,13H2,(H,25,26)/b17-14+. The molecule has 0 atom stereocenters. The Balaban J connectivity index is 1.91. The molecule has 0 saturated carbocycles. The van der Waals surface area contributed by atoms with E-state index < -0.39 is 0 Å². The molecular formula is C23H15N3O. The van der Waals surface area contributed by atoms with Crippen molar-refractivity contribution in [1.29, 1.82) is 5.26 Å². The van der Waals surface area contributed by atoms with Crippen LogP contribution in [0.15, 0.2) is 60.7 Å². The van der Waals surface area contributed by atoms with Gasteiger partial charge in [0.05, 0.1) is 16.6 Å². The number of ether oxygens (including phenoxy) is 1. The van der Waals surface area contributed by atoms with Crippen molar-refractivity contribution in [1.82, 2.24) is 9.97 Å². The molecule has 27 heavy (non-hydrogen) atoms. The van der Waals surface area contributed by atoms with E-state index in [1.54, 1.807) is 6.08 Å². The molecule has 0 unspecified atom stereocenters. The second kappa shape index (κ2) is 7.07. The Morgan fingerprint density at radius 1 is 1.11 bits per heavy atom. The largest absolute Gasteiger partial charge is 0.480 e. The highest BCUT2D eigenvalue weighted by Crippen LogP contribution is 2.32. The molecule has 0 radical (unpaired) electrons. The van der Waals surface area contributed by atoms with Gasteiger partial charge in [-0.05, 0) is 35.0 Å². The average molecular weight is 349 g/mol. The molecule has 0 amide bonds. The fraction of sp³-hybridized carbons (Fsp3) is 0.0435. The van der Waals surface area contributed by atoms with Gasteiger partial charge in [-0.25, -0.2) is 4.98 Å². The van der Waals surface area contributed by atoms with Crippen molar-refractivity contribution in [3.05, 3.63) is 72.1 Å². The number of hydrogen-bond acceptors (Lipinski definition) is 3. The number of hydrogen-bond donors (Lipinski definition) is 1. The first kappa shape index (κ1) is 16.4. The van der Waals surface area contributed by atoms with Gasteiger partial charge in [0.1, 0.15) is 24.3 Å². The minimum absolute atomic E-state index is 0.158. The lowest BCUT2D eigenvalue weighted by Crippen LogP contribution is -1.97. The van der Waals surface area contributed by atoms with Crippen molar-refractivity contribution >= 4 is 33.5 Å². The van der Waals surface area contributed by atoms with Crippen LogP contribution in [0.25, 0.3) is 33.5 Å². The summed E-state index contributed by atoms with van der Waals surface area (Å²) < 4.78 is 5.71. The van der Waals surface area contributed by atoms with Crippen LogP contribution in [0.3, 0.4) is 0 Å². The minimum atomic E-state index is 0.158. The Bertz CT molecular complexity index is 1220. The third-order valence-electron chi connectivity index (χ3n) is 4.30. The number of aromatic nitrogens is 2. The predicted octanol–water partition coefficient (Wildman–Crippen LogP) is 4.79. The van der Waals surface area contributed by atoms with Crippen LogP contribution >= 0.6 is 0 Å². The van der Waals surface area contributed by atoms with Gasteiger partial charge in [0.25, 0.3) is 0 Å². The molecule has 0 fully saturated rings. The number of H-pyrrole nitrogens is 1. The predicted molar refractivity (Wildman–Crippen MR) is 108 cm³/mol. The molecule has 4 aromatic rings. The van der Waals surface area contributed by atoms with Crippen molar-refractivity contribution in [2.24, 2.45) is 0 Å². The summed E-state index contributed by atoms with van der Waals surface area (Å²) >= 11 is 0. The normalized spacial score (nSPS) is 11.3. The number of rotatable bonds is 4. The molecular weight excluding hydrogens is 334 g/mol. The number of aromatic amines is 1. The van der Waals surface area contributed by atoms with E-state index in [1.165, 1.54) is 0 Å². The van der Waals surface area contributed by atoms with Crippen LogP contribution in [-0.4, -0.2) is 16.6 Å². The first-order valence-corrected chi connectivity index (χ1v) is 8.45. The van der Waals surface area contributed by atoms with E-state index in [2.05, 4.69) is 22.0 Å². The highest BCUT2D eigenvalue weighted by molar-refractivity contribution is 6.00. The SMILES string of the molecule is C#CCOc1ccc2ccccc2c1/C=C(\C#N)c1nc2ccccc2[nH]1. The molecule has 0 aliphatic rings. The lowest BCUT2D eigenvalue weighted by Gasteiger charge is -2.10. The van der Waals surface area contributed by atoms with E-state index in [9.17, 15) is 5.26 Å². The molecule has 4 nitrogen and oxygen atoms in total. The maximum atomic E-state index is 9.75. The second-order valence-corrected chi connectivity index (χ2v) is 5.96. The Labute approximate surface area is 156 Å². The van der Waals surface area contributed by atoms with Crippen LogP contribution in [0, 0.1) is 23.7 Å². The van der Waals surface area contributed by atoms with Crippen LogP contribution in [0.2, 0.25) is 0 Å². The summed E-state index contributed by atoms with van der Waals surface area (Å²) in [5, 5.41) is 11.8. The molecule has 0 bridgehead atoms. The molecule has 0 saturated heterocycles. The van der Waals surface area contributed by atoms with Crippen molar-refractivity contribution in [2.75, 3.05) is 6.61 Å². The molecule has 1 N–H and O–H groups in total. The zero-order chi connectivity index (χ0) is 18.6. The smallest absolute Gasteiger partial charge is 0.149 e. The van der Waals surface area contributed by atoms with Crippen LogP contribution in [0.5, 0.6) is 5.75 Å². The Morgan fingerprint density at radius 3 is 2.74 bits per heavy atom. The van der Waals surface area contributed by atoms with Gasteiger partial charge in [0.2, 0.25) is 0 Å². The van der Waals surface area contributed by atoms with E-state index in [0.29, 0.717) is 17.1 Å². The number of nitrogens with one attached hydrogen (secondary N) is 1. The molecule has 4 heteroatoms. The zero-order valence-electron chi connectivity index (χ0n) is 14.4. The summed E-state index contributed by atoms with van der Waals surface area (Å²) in [7, 11) is 0. The molecule has 3 aromatic carbocycles. The molecule has 0 aliphatic carbocycles. The van der Waals surface area contributed by atoms with E-state index in [1.807, 2.05) is 60.7 Å². The first-order valence-electron chi connectivity index (χ1n) is 8.45. The quantitative estimate of drug-likeness (QED) is 0.425. The number of para-hydroxylation sites is 2. The molecule has 128 valence electrons. The monoisotopic (exact) mass is 349 g/mol. The van der Waals surface area contributed by atoms with Crippen molar-refractivity contribution < 1.29 is 4.74 Å². The van der Waals surface area contributed by atoms with Crippen LogP contribution in [0.1, 0.15) is 11.4 Å². The lowest BCUT2D eigenvalue weighted by molar-refractivity contribution is 0.370. The summed E-state index contributed by atoms with van der Waals surface area (Å²) in [5.74, 6) is 3.64. The van der Waals surface area contributed by atoms with E-state index in [-0.39, 0.29) is 6.61 Å². The number of nitrogens with zero attached hydrogens (tertiary/aromatic N) is 2. The van der Waals surface area contributed by atoms with Gasteiger partial charge in [-0.15, -0.1) is 6.42 Å². The highest BCUT2D eigenvalue weighted by Gasteiger charge is 2.12. The van der Waals surface area contributed by atoms with E-state index >= 15 is 0 Å².